The van der Waals surface area contributed by atoms with Crippen LogP contribution in [0, 0.1) is 5.41 Å². The van der Waals surface area contributed by atoms with Gasteiger partial charge in [0, 0.05) is 17.8 Å². The average Bonchev–Trinajstić information content (AvgIpc) is 2.87. The first-order valence-electron chi connectivity index (χ1n) is 6.95. The molecule has 1 atom stereocenters. The van der Waals surface area contributed by atoms with E-state index >= 15 is 0 Å². The van der Waals surface area contributed by atoms with Crippen LogP contribution in [0.2, 0.25) is 0 Å². The van der Waals surface area contributed by atoms with Crippen molar-refractivity contribution in [3.05, 3.63) is 28.2 Å². The number of anilines is 1. The summed E-state index contributed by atoms with van der Waals surface area (Å²) in [6.07, 6.45) is 1.48. The van der Waals surface area contributed by atoms with Crippen molar-refractivity contribution < 1.29 is 4.79 Å². The van der Waals surface area contributed by atoms with Crippen LogP contribution >= 0.6 is 11.3 Å². The summed E-state index contributed by atoms with van der Waals surface area (Å²) in [5, 5.41) is 11.6. The van der Waals surface area contributed by atoms with Crippen molar-refractivity contribution in [1.29, 1.82) is 0 Å². The SMILES string of the molecule is CC1(C)C[C@@]1(C(=O)NCCc1nc(N)n[nH]1)c1cccs1. The van der Waals surface area contributed by atoms with Crippen molar-refractivity contribution in [2.24, 2.45) is 5.41 Å². The van der Waals surface area contributed by atoms with E-state index in [1.54, 1.807) is 11.3 Å². The molecule has 1 aliphatic carbocycles. The van der Waals surface area contributed by atoms with E-state index in [4.69, 9.17) is 5.73 Å². The number of rotatable bonds is 5. The zero-order valence-corrected chi connectivity index (χ0v) is 13.0. The maximum atomic E-state index is 12.7. The monoisotopic (exact) mass is 305 g/mol. The quantitative estimate of drug-likeness (QED) is 0.779. The number of aromatic amines is 1. The smallest absolute Gasteiger partial charge is 0.239 e. The molecule has 0 aromatic carbocycles. The lowest BCUT2D eigenvalue weighted by Crippen LogP contribution is -2.38. The van der Waals surface area contributed by atoms with E-state index in [1.807, 2.05) is 11.4 Å². The van der Waals surface area contributed by atoms with Crippen LogP contribution < -0.4 is 11.1 Å². The van der Waals surface area contributed by atoms with Crippen LogP contribution in [-0.2, 0) is 16.6 Å². The third-order valence-electron chi connectivity index (χ3n) is 4.26. The van der Waals surface area contributed by atoms with Gasteiger partial charge >= 0.3 is 0 Å². The van der Waals surface area contributed by atoms with E-state index in [1.165, 1.54) is 0 Å². The predicted molar refractivity (Wildman–Crippen MR) is 81.9 cm³/mol. The Labute approximate surface area is 127 Å². The molecule has 1 aliphatic rings. The molecule has 21 heavy (non-hydrogen) atoms. The van der Waals surface area contributed by atoms with E-state index in [9.17, 15) is 4.79 Å². The number of nitrogens with zero attached hydrogens (tertiary/aromatic N) is 2. The third-order valence-corrected chi connectivity index (χ3v) is 5.29. The summed E-state index contributed by atoms with van der Waals surface area (Å²) in [6.45, 7) is 4.81. The topological polar surface area (TPSA) is 96.7 Å². The third kappa shape index (κ3) is 2.31. The fourth-order valence-corrected chi connectivity index (χ4v) is 4.03. The molecule has 3 rings (SSSR count). The molecule has 0 aliphatic heterocycles. The predicted octanol–water partition coefficient (Wildman–Crippen LogP) is 1.48. The van der Waals surface area contributed by atoms with E-state index < -0.39 is 0 Å². The van der Waals surface area contributed by atoms with Crippen molar-refractivity contribution in [3.63, 3.8) is 0 Å². The molecular weight excluding hydrogens is 286 g/mol. The van der Waals surface area contributed by atoms with Gasteiger partial charge in [-0.3, -0.25) is 9.89 Å². The van der Waals surface area contributed by atoms with E-state index in [-0.39, 0.29) is 22.7 Å². The highest BCUT2D eigenvalue weighted by molar-refractivity contribution is 7.10. The zero-order chi connectivity index (χ0) is 15.1. The number of carbonyl (C=O) groups excluding carboxylic acids is 1. The molecule has 0 spiro atoms. The number of aromatic nitrogens is 3. The molecule has 2 aromatic rings. The van der Waals surface area contributed by atoms with Gasteiger partial charge in [-0.25, -0.2) is 0 Å². The number of hydrogen-bond acceptors (Lipinski definition) is 5. The van der Waals surface area contributed by atoms with Crippen LogP contribution in [-0.4, -0.2) is 27.6 Å². The summed E-state index contributed by atoms with van der Waals surface area (Å²) in [5.41, 5.74) is 5.09. The Morgan fingerprint density at radius 2 is 2.33 bits per heavy atom. The summed E-state index contributed by atoms with van der Waals surface area (Å²) >= 11 is 1.65. The second kappa shape index (κ2) is 4.84. The zero-order valence-electron chi connectivity index (χ0n) is 12.1. The van der Waals surface area contributed by atoms with E-state index in [0.717, 1.165) is 11.3 Å². The van der Waals surface area contributed by atoms with Gasteiger partial charge in [-0.15, -0.1) is 16.4 Å². The number of thiophene rings is 1. The largest absolute Gasteiger partial charge is 0.367 e. The average molecular weight is 305 g/mol. The van der Waals surface area contributed by atoms with Crippen LogP contribution in [0.5, 0.6) is 0 Å². The normalized spacial score (nSPS) is 23.0. The molecule has 6 nitrogen and oxygen atoms in total. The molecule has 0 saturated heterocycles. The molecule has 0 radical (unpaired) electrons. The first-order chi connectivity index (χ1) is 9.96. The lowest BCUT2D eigenvalue weighted by molar-refractivity contribution is -0.124. The van der Waals surface area contributed by atoms with Gasteiger partial charge in [0.1, 0.15) is 5.82 Å². The summed E-state index contributed by atoms with van der Waals surface area (Å²) in [5.74, 6) is 1.02. The van der Waals surface area contributed by atoms with E-state index in [0.29, 0.717) is 18.8 Å². The number of nitrogens with one attached hydrogen (secondary N) is 2. The molecule has 1 amide bonds. The number of amides is 1. The van der Waals surface area contributed by atoms with E-state index in [2.05, 4.69) is 40.4 Å². The molecule has 1 fully saturated rings. The Hall–Kier alpha value is -1.89. The number of nitrogens with two attached hydrogens (primary N) is 1. The van der Waals surface area contributed by atoms with Crippen LogP contribution in [0.3, 0.4) is 0 Å². The van der Waals surface area contributed by atoms with Crippen LogP contribution in [0.4, 0.5) is 5.95 Å². The van der Waals surface area contributed by atoms with Crippen LogP contribution in [0.1, 0.15) is 31.0 Å². The maximum Gasteiger partial charge on any atom is 0.239 e. The molecule has 4 N–H and O–H groups in total. The van der Waals surface area contributed by atoms with Gasteiger partial charge in [-0.1, -0.05) is 19.9 Å². The van der Waals surface area contributed by atoms with Gasteiger partial charge in [0.05, 0.1) is 5.41 Å². The van der Waals surface area contributed by atoms with Gasteiger partial charge in [0.2, 0.25) is 11.9 Å². The Kier molecular flexibility index (Phi) is 3.24. The molecule has 0 bridgehead atoms. The van der Waals surface area contributed by atoms with Gasteiger partial charge in [-0.05, 0) is 23.3 Å². The van der Waals surface area contributed by atoms with Crippen molar-refractivity contribution in [1.82, 2.24) is 20.5 Å². The van der Waals surface area contributed by atoms with Gasteiger partial charge < -0.3 is 11.1 Å². The first-order valence-corrected chi connectivity index (χ1v) is 7.83. The Bertz CT molecular complexity index is 648. The minimum Gasteiger partial charge on any atom is -0.367 e. The minimum absolute atomic E-state index is 0.0125. The van der Waals surface area contributed by atoms with Crippen molar-refractivity contribution >= 4 is 23.2 Å². The van der Waals surface area contributed by atoms with Crippen LogP contribution in [0.25, 0.3) is 0 Å². The Morgan fingerprint density at radius 3 is 2.86 bits per heavy atom. The number of nitrogen functional groups attached to an aromatic ring is 1. The fraction of sp³-hybridized carbons (Fsp3) is 0.500. The lowest BCUT2D eigenvalue weighted by atomic mass is 9.93. The second-order valence-electron chi connectivity index (χ2n) is 6.09. The number of H-pyrrole nitrogens is 1. The molecule has 2 heterocycles. The van der Waals surface area contributed by atoms with Gasteiger partial charge in [0.25, 0.3) is 0 Å². The summed E-state index contributed by atoms with van der Waals surface area (Å²) in [6, 6.07) is 4.05. The van der Waals surface area contributed by atoms with Crippen molar-refractivity contribution in [2.45, 2.75) is 32.1 Å². The Morgan fingerprint density at radius 1 is 1.57 bits per heavy atom. The molecular formula is C14H19N5OS. The summed E-state index contributed by atoms with van der Waals surface area (Å²) in [7, 11) is 0. The lowest BCUT2D eigenvalue weighted by Gasteiger charge is -2.18. The number of hydrogen-bond donors (Lipinski definition) is 3. The summed E-state index contributed by atoms with van der Waals surface area (Å²) < 4.78 is 0. The Balaban J connectivity index is 1.64. The van der Waals surface area contributed by atoms with Crippen molar-refractivity contribution in [2.75, 3.05) is 12.3 Å². The van der Waals surface area contributed by atoms with Gasteiger partial charge in [-0.2, -0.15) is 4.98 Å². The molecule has 1 saturated carbocycles. The fourth-order valence-electron chi connectivity index (χ4n) is 2.93. The molecule has 2 aromatic heterocycles. The second-order valence-corrected chi connectivity index (χ2v) is 7.04. The van der Waals surface area contributed by atoms with Crippen LogP contribution in [0.15, 0.2) is 17.5 Å². The molecule has 0 unspecified atom stereocenters. The highest BCUT2D eigenvalue weighted by Gasteiger charge is 2.67. The van der Waals surface area contributed by atoms with Gasteiger partial charge in [0.15, 0.2) is 0 Å². The molecule has 112 valence electrons. The minimum atomic E-state index is -0.373. The first kappa shape index (κ1) is 14.1. The standard InChI is InChI=1S/C14H19N5OS/c1-13(2)8-14(13,9-4-3-7-21-9)11(20)16-6-5-10-17-12(15)19-18-10/h3-4,7H,5-6,8H2,1-2H3,(H,16,20)(H3,15,17,18,19)/t14-/m0/s1. The maximum absolute atomic E-state index is 12.7. The summed E-state index contributed by atoms with van der Waals surface area (Å²) in [4.78, 5) is 17.8. The highest BCUT2D eigenvalue weighted by atomic mass is 32.1. The molecule has 7 heteroatoms. The highest BCUT2D eigenvalue weighted by Crippen LogP contribution is 2.65. The number of carbonyl (C=O) groups is 1. The van der Waals surface area contributed by atoms with Crippen molar-refractivity contribution in [3.8, 4) is 0 Å².